The summed E-state index contributed by atoms with van der Waals surface area (Å²) in [5.41, 5.74) is 3.01. The number of benzene rings is 3. The van der Waals surface area contributed by atoms with E-state index in [4.69, 9.17) is 4.74 Å². The van der Waals surface area contributed by atoms with Crippen molar-refractivity contribution in [3.63, 3.8) is 0 Å². The maximum atomic E-state index is 13.8. The van der Waals surface area contributed by atoms with Gasteiger partial charge in [-0.15, -0.1) is 0 Å². The molecule has 1 aliphatic heterocycles. The number of ether oxygens (including phenoxy) is 1. The Balaban J connectivity index is 1.81. The number of para-hydroxylation sites is 2. The van der Waals surface area contributed by atoms with Crippen molar-refractivity contribution in [2.75, 3.05) is 23.5 Å². The number of anilines is 2. The number of carbonyl (C=O) groups is 2. The van der Waals surface area contributed by atoms with E-state index in [2.05, 4.69) is 15.9 Å². The fourth-order valence-corrected chi connectivity index (χ4v) is 4.20. The van der Waals surface area contributed by atoms with Gasteiger partial charge in [0.1, 0.15) is 18.3 Å². The molecule has 0 saturated carbocycles. The van der Waals surface area contributed by atoms with Crippen molar-refractivity contribution in [1.29, 1.82) is 0 Å². The van der Waals surface area contributed by atoms with Gasteiger partial charge in [-0.05, 0) is 54.5 Å². The van der Waals surface area contributed by atoms with Crippen molar-refractivity contribution in [1.82, 2.24) is 0 Å². The lowest BCUT2D eigenvalue weighted by molar-refractivity contribution is -0.127. The lowest BCUT2D eigenvalue weighted by Crippen LogP contribution is -2.61. The third-order valence-electron chi connectivity index (χ3n) is 5.43. The average Bonchev–Trinajstić information content (AvgIpc) is 2.81. The van der Waals surface area contributed by atoms with Gasteiger partial charge in [-0.25, -0.2) is 0 Å². The van der Waals surface area contributed by atoms with Crippen LogP contribution in [0.1, 0.15) is 12.5 Å². The highest BCUT2D eigenvalue weighted by Gasteiger charge is 2.42. The van der Waals surface area contributed by atoms with Crippen LogP contribution in [-0.4, -0.2) is 31.5 Å². The predicted molar refractivity (Wildman–Crippen MR) is 131 cm³/mol. The van der Waals surface area contributed by atoms with Gasteiger partial charge < -0.3 is 4.74 Å². The quantitative estimate of drug-likeness (QED) is 0.486. The second kappa shape index (κ2) is 9.40. The minimum Gasteiger partial charge on any atom is -0.495 e. The SMILES string of the molecule is COc1ccccc1N1CC(=O)N(c2ccc(Br)cc2)[C@H](/C(C)=C/c2ccccc2)C1=O. The lowest BCUT2D eigenvalue weighted by atomic mass is 9.98. The maximum absolute atomic E-state index is 13.8. The maximum Gasteiger partial charge on any atom is 0.255 e. The molecular formula is C26H23BrN2O3. The Morgan fingerprint density at radius 1 is 0.969 bits per heavy atom. The van der Waals surface area contributed by atoms with Crippen molar-refractivity contribution in [3.05, 3.63) is 94.5 Å². The molecule has 1 fully saturated rings. The van der Waals surface area contributed by atoms with E-state index in [9.17, 15) is 9.59 Å². The molecule has 0 spiro atoms. The van der Waals surface area contributed by atoms with Crippen LogP contribution in [0.3, 0.4) is 0 Å². The van der Waals surface area contributed by atoms with Gasteiger partial charge in [0.15, 0.2) is 0 Å². The van der Waals surface area contributed by atoms with Crippen LogP contribution in [0.2, 0.25) is 0 Å². The van der Waals surface area contributed by atoms with Crippen LogP contribution in [0.25, 0.3) is 6.08 Å². The molecule has 0 bridgehead atoms. The van der Waals surface area contributed by atoms with E-state index in [-0.39, 0.29) is 18.4 Å². The summed E-state index contributed by atoms with van der Waals surface area (Å²) in [6.45, 7) is 1.82. The van der Waals surface area contributed by atoms with Crippen LogP contribution in [-0.2, 0) is 9.59 Å². The topological polar surface area (TPSA) is 49.9 Å². The minimum atomic E-state index is -0.775. The van der Waals surface area contributed by atoms with E-state index in [0.717, 1.165) is 15.6 Å². The largest absolute Gasteiger partial charge is 0.495 e. The van der Waals surface area contributed by atoms with Crippen LogP contribution in [0, 0.1) is 0 Å². The van der Waals surface area contributed by atoms with Crippen molar-refractivity contribution >= 4 is 45.2 Å². The normalized spacial score (nSPS) is 17.0. The van der Waals surface area contributed by atoms with Gasteiger partial charge in [0, 0.05) is 10.2 Å². The Morgan fingerprint density at radius 2 is 1.62 bits per heavy atom. The highest BCUT2D eigenvalue weighted by atomic mass is 79.9. The molecule has 1 heterocycles. The summed E-state index contributed by atoms with van der Waals surface area (Å²) in [5, 5.41) is 0. The molecule has 5 nitrogen and oxygen atoms in total. The third kappa shape index (κ3) is 4.32. The van der Waals surface area contributed by atoms with Crippen LogP contribution in [0.5, 0.6) is 5.75 Å². The molecule has 0 unspecified atom stereocenters. The van der Waals surface area contributed by atoms with Crippen molar-refractivity contribution in [2.45, 2.75) is 13.0 Å². The van der Waals surface area contributed by atoms with E-state index in [1.165, 1.54) is 4.90 Å². The Bertz CT molecular complexity index is 1160. The molecule has 1 saturated heterocycles. The number of methoxy groups -OCH3 is 1. The Kier molecular flexibility index (Phi) is 6.42. The van der Waals surface area contributed by atoms with Gasteiger partial charge in [-0.1, -0.05) is 64.5 Å². The molecule has 1 atom stereocenters. The van der Waals surface area contributed by atoms with Crippen molar-refractivity contribution in [2.24, 2.45) is 0 Å². The molecule has 6 heteroatoms. The van der Waals surface area contributed by atoms with Crippen molar-refractivity contribution < 1.29 is 14.3 Å². The predicted octanol–water partition coefficient (Wildman–Crippen LogP) is 5.31. The zero-order chi connectivity index (χ0) is 22.7. The Hall–Kier alpha value is -3.38. The monoisotopic (exact) mass is 490 g/mol. The molecule has 2 amide bonds. The number of hydrogen-bond donors (Lipinski definition) is 0. The molecule has 0 aliphatic carbocycles. The van der Waals surface area contributed by atoms with E-state index < -0.39 is 6.04 Å². The van der Waals surface area contributed by atoms with Gasteiger partial charge in [0.25, 0.3) is 5.91 Å². The molecule has 3 aromatic carbocycles. The van der Waals surface area contributed by atoms with E-state index in [0.29, 0.717) is 17.1 Å². The highest BCUT2D eigenvalue weighted by Crippen LogP contribution is 2.34. The summed E-state index contributed by atoms with van der Waals surface area (Å²) in [5.74, 6) is 0.208. The molecule has 3 aromatic rings. The zero-order valence-electron chi connectivity index (χ0n) is 17.9. The fourth-order valence-electron chi connectivity index (χ4n) is 3.93. The second-order valence-electron chi connectivity index (χ2n) is 7.54. The molecule has 0 N–H and O–H groups in total. The molecule has 0 radical (unpaired) electrons. The van der Waals surface area contributed by atoms with Crippen LogP contribution < -0.4 is 14.5 Å². The molecule has 32 heavy (non-hydrogen) atoms. The number of rotatable bonds is 5. The third-order valence-corrected chi connectivity index (χ3v) is 5.95. The van der Waals surface area contributed by atoms with E-state index in [1.807, 2.05) is 79.7 Å². The number of amides is 2. The zero-order valence-corrected chi connectivity index (χ0v) is 19.5. The highest BCUT2D eigenvalue weighted by molar-refractivity contribution is 9.10. The summed E-state index contributed by atoms with van der Waals surface area (Å²) >= 11 is 3.44. The number of halogens is 1. The lowest BCUT2D eigenvalue weighted by Gasteiger charge is -2.41. The first-order chi connectivity index (χ1) is 15.5. The van der Waals surface area contributed by atoms with Crippen LogP contribution in [0.4, 0.5) is 11.4 Å². The number of piperazine rings is 1. The van der Waals surface area contributed by atoms with Crippen LogP contribution in [0.15, 0.2) is 88.9 Å². The number of hydrogen-bond acceptors (Lipinski definition) is 3. The van der Waals surface area contributed by atoms with E-state index in [1.54, 1.807) is 24.1 Å². The second-order valence-corrected chi connectivity index (χ2v) is 8.45. The standard InChI is InChI=1S/C26H23BrN2O3/c1-18(16-19-8-4-3-5-9-19)25-26(31)28(22-10-6-7-11-23(22)32-2)17-24(30)29(25)21-14-12-20(27)13-15-21/h3-16,25H,17H2,1-2H3/b18-16+/t25-/m1/s1. The number of carbonyl (C=O) groups excluding carboxylic acids is 2. The molecule has 1 aliphatic rings. The van der Waals surface area contributed by atoms with Gasteiger partial charge in [-0.2, -0.15) is 0 Å². The average molecular weight is 491 g/mol. The van der Waals surface area contributed by atoms with Gasteiger partial charge in [-0.3, -0.25) is 19.4 Å². The van der Waals surface area contributed by atoms with Gasteiger partial charge in [0.2, 0.25) is 5.91 Å². The molecule has 162 valence electrons. The van der Waals surface area contributed by atoms with Gasteiger partial charge in [0.05, 0.1) is 12.8 Å². The molecule has 4 rings (SSSR count). The minimum absolute atomic E-state index is 0.0651. The van der Waals surface area contributed by atoms with Crippen molar-refractivity contribution in [3.8, 4) is 5.75 Å². The fraction of sp³-hybridized carbons (Fsp3) is 0.154. The Morgan fingerprint density at radius 3 is 2.31 bits per heavy atom. The summed E-state index contributed by atoms with van der Waals surface area (Å²) in [6.07, 6.45) is 1.95. The first-order valence-electron chi connectivity index (χ1n) is 10.2. The summed E-state index contributed by atoms with van der Waals surface area (Å²) in [7, 11) is 1.56. The summed E-state index contributed by atoms with van der Waals surface area (Å²) < 4.78 is 6.36. The Labute approximate surface area is 196 Å². The summed E-state index contributed by atoms with van der Waals surface area (Å²) in [4.78, 5) is 30.4. The summed E-state index contributed by atoms with van der Waals surface area (Å²) in [6, 6.07) is 23.7. The van der Waals surface area contributed by atoms with Crippen LogP contribution >= 0.6 is 15.9 Å². The molecule has 0 aromatic heterocycles. The van der Waals surface area contributed by atoms with Gasteiger partial charge >= 0.3 is 0 Å². The first-order valence-corrected chi connectivity index (χ1v) is 11.0. The smallest absolute Gasteiger partial charge is 0.255 e. The molecular weight excluding hydrogens is 468 g/mol. The first kappa shape index (κ1) is 21.8. The van der Waals surface area contributed by atoms with E-state index >= 15 is 0 Å². The number of nitrogens with zero attached hydrogens (tertiary/aromatic N) is 2.